The summed E-state index contributed by atoms with van der Waals surface area (Å²) in [5, 5.41) is 4.08. The van der Waals surface area contributed by atoms with E-state index in [1.165, 1.54) is 32.0 Å². The predicted octanol–water partition coefficient (Wildman–Crippen LogP) is 3.01. The van der Waals surface area contributed by atoms with Gasteiger partial charge in [-0.3, -0.25) is 4.79 Å². The molecule has 1 amide bonds. The summed E-state index contributed by atoms with van der Waals surface area (Å²) in [4.78, 5) is 12.6. The summed E-state index contributed by atoms with van der Waals surface area (Å²) in [6.07, 6.45) is 5.26. The summed E-state index contributed by atoms with van der Waals surface area (Å²) < 4.78 is 31.9. The summed E-state index contributed by atoms with van der Waals surface area (Å²) in [5.41, 5.74) is 0.322. The van der Waals surface area contributed by atoms with Gasteiger partial charge in [-0.2, -0.15) is 0 Å². The number of nitrogens with zero attached hydrogens (tertiary/aromatic N) is 2. The van der Waals surface area contributed by atoms with Crippen molar-refractivity contribution in [1.82, 2.24) is 9.46 Å². The molecule has 0 aliphatic heterocycles. The maximum absolute atomic E-state index is 12.9. The Kier molecular flexibility index (Phi) is 5.57. The van der Waals surface area contributed by atoms with Gasteiger partial charge >= 0.3 is 0 Å². The van der Waals surface area contributed by atoms with E-state index < -0.39 is 22.5 Å². The van der Waals surface area contributed by atoms with Crippen molar-refractivity contribution in [3.05, 3.63) is 43.8 Å². The van der Waals surface area contributed by atoms with E-state index in [1.54, 1.807) is 0 Å². The minimum Gasteiger partial charge on any atom is -0.360 e. The van der Waals surface area contributed by atoms with Crippen LogP contribution in [0.3, 0.4) is 0 Å². The van der Waals surface area contributed by atoms with Gasteiger partial charge in [0, 0.05) is 9.13 Å². The molecule has 0 N–H and O–H groups in total. The Morgan fingerprint density at radius 3 is 2.62 bits per heavy atom. The van der Waals surface area contributed by atoms with E-state index >= 15 is 0 Å². The number of benzene rings is 1. The van der Waals surface area contributed by atoms with E-state index in [4.69, 9.17) is 22.5 Å². The highest BCUT2D eigenvalue weighted by molar-refractivity contribution is 14.1. The van der Waals surface area contributed by atoms with Gasteiger partial charge in [0.2, 0.25) is 0 Å². The fourth-order valence-electron chi connectivity index (χ4n) is 2.08. The minimum atomic E-state index is -4.20. The van der Waals surface area contributed by atoms with E-state index in [9.17, 15) is 13.2 Å². The number of halogens is 2. The molecule has 1 aromatic carbocycles. The molecule has 0 spiro atoms. The van der Waals surface area contributed by atoms with E-state index in [0.717, 1.165) is 0 Å². The van der Waals surface area contributed by atoms with Crippen LogP contribution in [0.25, 0.3) is 0 Å². The fraction of sp³-hybridized carbons (Fsp3) is 0.200. The smallest absolute Gasteiger partial charge is 0.273 e. The van der Waals surface area contributed by atoms with Crippen LogP contribution in [-0.2, 0) is 10.0 Å². The summed E-state index contributed by atoms with van der Waals surface area (Å²) in [7, 11) is -4.20. The Morgan fingerprint density at radius 1 is 1.46 bits per heavy atom. The lowest BCUT2D eigenvalue weighted by Gasteiger charge is -2.20. The first-order valence-corrected chi connectivity index (χ1v) is 9.48. The van der Waals surface area contributed by atoms with Crippen LogP contribution in [-0.4, -0.2) is 30.3 Å². The number of aryl methyl sites for hydroxylation is 2. The second-order valence-corrected chi connectivity index (χ2v) is 8.17. The predicted molar refractivity (Wildman–Crippen MR) is 97.2 cm³/mol. The van der Waals surface area contributed by atoms with Gasteiger partial charge in [-0.25, -0.2) is 12.7 Å². The Bertz CT molecular complexity index is 927. The molecule has 0 saturated carbocycles. The first-order chi connectivity index (χ1) is 11.2. The van der Waals surface area contributed by atoms with E-state index in [-0.39, 0.29) is 21.9 Å². The first kappa shape index (κ1) is 18.8. The van der Waals surface area contributed by atoms with Gasteiger partial charge in [0.15, 0.2) is 10.7 Å². The van der Waals surface area contributed by atoms with Crippen LogP contribution in [0.4, 0.5) is 0 Å². The van der Waals surface area contributed by atoms with Crippen molar-refractivity contribution < 1.29 is 17.7 Å². The molecule has 6 nitrogen and oxygen atoms in total. The molecule has 126 valence electrons. The van der Waals surface area contributed by atoms with Crippen molar-refractivity contribution in [3.8, 4) is 12.3 Å². The van der Waals surface area contributed by atoms with Crippen LogP contribution in [0.2, 0.25) is 5.02 Å². The maximum atomic E-state index is 12.9. The molecule has 1 aromatic heterocycles. The first-order valence-electron chi connectivity index (χ1n) is 6.58. The van der Waals surface area contributed by atoms with Crippen LogP contribution in [0.5, 0.6) is 0 Å². The summed E-state index contributed by atoms with van der Waals surface area (Å²) in [6.45, 7) is 2.52. The van der Waals surface area contributed by atoms with Gasteiger partial charge in [-0.05, 0) is 54.6 Å². The zero-order valence-electron chi connectivity index (χ0n) is 12.7. The van der Waals surface area contributed by atoms with Gasteiger partial charge in [-0.1, -0.05) is 22.7 Å². The molecule has 0 bridgehead atoms. The number of aromatic nitrogens is 1. The average molecular weight is 479 g/mol. The second-order valence-electron chi connectivity index (χ2n) is 4.80. The van der Waals surface area contributed by atoms with Crippen molar-refractivity contribution in [2.75, 3.05) is 6.54 Å². The molecule has 0 fully saturated rings. The SMILES string of the molecule is C#CCN(C(=O)c1ccc(Cl)c(I)c1)S(=O)(=O)c1c(C)noc1C. The lowest BCUT2D eigenvalue weighted by molar-refractivity contribution is 0.0873. The summed E-state index contributed by atoms with van der Waals surface area (Å²) in [6, 6.07) is 4.46. The standard InChI is InChI=1S/C15H12ClIN2O4S/c1-4-7-19(15(20)11-5-6-12(16)13(17)8-11)24(21,22)14-9(2)18-23-10(14)3/h1,5-6,8H,7H2,2-3H3. The zero-order valence-corrected chi connectivity index (χ0v) is 16.4. The fourth-order valence-corrected chi connectivity index (χ4v) is 4.31. The lowest BCUT2D eigenvalue weighted by Crippen LogP contribution is -2.37. The molecular formula is C15H12ClIN2O4S. The molecule has 0 unspecified atom stereocenters. The third kappa shape index (κ3) is 3.43. The van der Waals surface area contributed by atoms with E-state index in [2.05, 4.69) is 11.1 Å². The molecular weight excluding hydrogens is 467 g/mol. The Hall–Kier alpha value is -1.57. The monoisotopic (exact) mass is 478 g/mol. The highest BCUT2D eigenvalue weighted by Crippen LogP contribution is 2.26. The molecule has 0 aliphatic carbocycles. The molecule has 9 heteroatoms. The maximum Gasteiger partial charge on any atom is 0.273 e. The highest BCUT2D eigenvalue weighted by atomic mass is 127. The van der Waals surface area contributed by atoms with Crippen molar-refractivity contribution in [2.24, 2.45) is 0 Å². The Labute approximate surface area is 158 Å². The van der Waals surface area contributed by atoms with Crippen LogP contribution in [0, 0.1) is 29.8 Å². The average Bonchev–Trinajstić information content (AvgIpc) is 2.86. The van der Waals surface area contributed by atoms with Gasteiger partial charge < -0.3 is 4.52 Å². The van der Waals surface area contributed by atoms with Crippen LogP contribution < -0.4 is 0 Å². The normalized spacial score (nSPS) is 11.1. The Morgan fingerprint density at radius 2 is 2.12 bits per heavy atom. The third-order valence-electron chi connectivity index (χ3n) is 3.14. The quantitative estimate of drug-likeness (QED) is 0.498. The van der Waals surface area contributed by atoms with Crippen molar-refractivity contribution >= 4 is 50.1 Å². The molecule has 1 heterocycles. The summed E-state index contributed by atoms with van der Waals surface area (Å²) >= 11 is 7.89. The molecule has 2 rings (SSSR count). The van der Waals surface area contributed by atoms with Gasteiger partial charge in [0.1, 0.15) is 5.69 Å². The van der Waals surface area contributed by atoms with Crippen molar-refractivity contribution in [2.45, 2.75) is 18.7 Å². The molecule has 0 aliphatic rings. The molecule has 24 heavy (non-hydrogen) atoms. The highest BCUT2D eigenvalue weighted by Gasteiger charge is 2.34. The van der Waals surface area contributed by atoms with Crippen LogP contribution in [0.1, 0.15) is 21.8 Å². The second kappa shape index (κ2) is 7.13. The molecule has 0 radical (unpaired) electrons. The lowest BCUT2D eigenvalue weighted by atomic mass is 10.2. The number of amides is 1. The van der Waals surface area contributed by atoms with Gasteiger partial charge in [0.25, 0.3) is 15.9 Å². The molecule has 0 saturated heterocycles. The van der Waals surface area contributed by atoms with E-state index in [1.807, 2.05) is 22.6 Å². The summed E-state index contributed by atoms with van der Waals surface area (Å²) in [5.74, 6) is 1.54. The zero-order chi connectivity index (χ0) is 18.1. The topological polar surface area (TPSA) is 80.5 Å². The molecule has 0 atom stereocenters. The van der Waals surface area contributed by atoms with Gasteiger partial charge in [0.05, 0.1) is 11.6 Å². The van der Waals surface area contributed by atoms with E-state index in [0.29, 0.717) is 12.9 Å². The number of hydrogen-bond donors (Lipinski definition) is 0. The van der Waals surface area contributed by atoms with Crippen LogP contribution in [0.15, 0.2) is 27.6 Å². The number of rotatable bonds is 4. The number of carbonyl (C=O) groups excluding carboxylic acids is 1. The number of carbonyl (C=O) groups is 1. The van der Waals surface area contributed by atoms with Crippen LogP contribution >= 0.6 is 34.2 Å². The largest absolute Gasteiger partial charge is 0.360 e. The minimum absolute atomic E-state index is 0.0907. The van der Waals surface area contributed by atoms with Crippen molar-refractivity contribution in [1.29, 1.82) is 0 Å². The molecule has 2 aromatic rings. The number of terminal acetylenes is 1. The van der Waals surface area contributed by atoms with Gasteiger partial charge in [-0.15, -0.1) is 6.42 Å². The number of sulfonamides is 1. The Balaban J connectivity index is 2.55. The third-order valence-corrected chi connectivity index (χ3v) is 6.66. The van der Waals surface area contributed by atoms with Crippen molar-refractivity contribution in [3.63, 3.8) is 0 Å². The number of hydrogen-bond acceptors (Lipinski definition) is 5.